The maximum atomic E-state index is 12.3. The van der Waals surface area contributed by atoms with Gasteiger partial charge in [-0.25, -0.2) is 0 Å². The fraction of sp³-hybridized carbons (Fsp3) is 0.917. The molecule has 1 aliphatic carbocycles. The SMILES string of the molecule is CSCC(C)N(C)C(=O)C1CCCC1CN. The van der Waals surface area contributed by atoms with Crippen molar-refractivity contribution in [1.29, 1.82) is 0 Å². The van der Waals surface area contributed by atoms with E-state index in [1.807, 2.05) is 11.9 Å². The van der Waals surface area contributed by atoms with Crippen molar-refractivity contribution in [1.82, 2.24) is 4.90 Å². The fourth-order valence-corrected chi connectivity index (χ4v) is 3.18. The number of hydrogen-bond acceptors (Lipinski definition) is 3. The second-order valence-corrected chi connectivity index (χ2v) is 5.70. The summed E-state index contributed by atoms with van der Waals surface area (Å²) >= 11 is 1.79. The van der Waals surface area contributed by atoms with E-state index in [1.165, 1.54) is 0 Å². The first-order valence-corrected chi connectivity index (χ1v) is 7.46. The van der Waals surface area contributed by atoms with E-state index in [-0.39, 0.29) is 5.92 Å². The molecule has 0 heterocycles. The lowest BCUT2D eigenvalue weighted by molar-refractivity contribution is -0.136. The molecule has 1 amide bonds. The highest BCUT2D eigenvalue weighted by Gasteiger charge is 2.34. The highest BCUT2D eigenvalue weighted by molar-refractivity contribution is 7.98. The highest BCUT2D eigenvalue weighted by atomic mass is 32.2. The Morgan fingerprint density at radius 1 is 1.56 bits per heavy atom. The smallest absolute Gasteiger partial charge is 0.226 e. The Morgan fingerprint density at radius 2 is 2.25 bits per heavy atom. The van der Waals surface area contributed by atoms with Gasteiger partial charge >= 0.3 is 0 Å². The Labute approximate surface area is 103 Å². The molecule has 1 fully saturated rings. The predicted molar refractivity (Wildman–Crippen MR) is 70.5 cm³/mol. The van der Waals surface area contributed by atoms with Crippen molar-refractivity contribution in [3.05, 3.63) is 0 Å². The van der Waals surface area contributed by atoms with Gasteiger partial charge in [0.05, 0.1) is 0 Å². The van der Waals surface area contributed by atoms with Gasteiger partial charge in [0.15, 0.2) is 0 Å². The Balaban J connectivity index is 2.55. The lowest BCUT2D eigenvalue weighted by atomic mass is 9.94. The van der Waals surface area contributed by atoms with Gasteiger partial charge in [-0.15, -0.1) is 0 Å². The molecule has 3 unspecified atom stereocenters. The van der Waals surface area contributed by atoms with Crippen molar-refractivity contribution in [3.8, 4) is 0 Å². The van der Waals surface area contributed by atoms with Crippen LogP contribution in [0.3, 0.4) is 0 Å². The molecule has 0 saturated heterocycles. The van der Waals surface area contributed by atoms with Gasteiger partial charge in [-0.1, -0.05) is 6.42 Å². The van der Waals surface area contributed by atoms with E-state index in [0.29, 0.717) is 24.4 Å². The van der Waals surface area contributed by atoms with Crippen LogP contribution in [-0.2, 0) is 4.79 Å². The molecule has 94 valence electrons. The molecule has 0 aromatic carbocycles. The quantitative estimate of drug-likeness (QED) is 0.798. The molecule has 3 nitrogen and oxygen atoms in total. The minimum atomic E-state index is 0.180. The molecule has 0 spiro atoms. The molecule has 0 aromatic rings. The third-order valence-electron chi connectivity index (χ3n) is 3.70. The minimum Gasteiger partial charge on any atom is -0.342 e. The second kappa shape index (κ2) is 6.50. The summed E-state index contributed by atoms with van der Waals surface area (Å²) in [6.07, 6.45) is 5.38. The third-order valence-corrected chi connectivity index (χ3v) is 4.51. The predicted octanol–water partition coefficient (Wildman–Crippen LogP) is 1.57. The Morgan fingerprint density at radius 3 is 2.81 bits per heavy atom. The van der Waals surface area contributed by atoms with E-state index < -0.39 is 0 Å². The molecule has 4 heteroatoms. The third kappa shape index (κ3) is 3.14. The molecule has 1 aliphatic rings. The first kappa shape index (κ1) is 13.8. The number of carbonyl (C=O) groups is 1. The van der Waals surface area contributed by atoms with Gasteiger partial charge in [-0.05, 0) is 38.5 Å². The van der Waals surface area contributed by atoms with E-state index in [0.717, 1.165) is 25.0 Å². The monoisotopic (exact) mass is 244 g/mol. The van der Waals surface area contributed by atoms with Crippen molar-refractivity contribution >= 4 is 17.7 Å². The van der Waals surface area contributed by atoms with Crippen molar-refractivity contribution in [2.75, 3.05) is 25.6 Å². The normalized spacial score (nSPS) is 26.8. The van der Waals surface area contributed by atoms with Crippen molar-refractivity contribution in [3.63, 3.8) is 0 Å². The number of rotatable bonds is 5. The zero-order chi connectivity index (χ0) is 12.1. The van der Waals surface area contributed by atoms with Crippen LogP contribution in [0.5, 0.6) is 0 Å². The number of hydrogen-bond donors (Lipinski definition) is 1. The summed E-state index contributed by atoms with van der Waals surface area (Å²) in [5.74, 6) is 1.90. The van der Waals surface area contributed by atoms with Gasteiger partial charge in [-0.3, -0.25) is 4.79 Å². The summed E-state index contributed by atoms with van der Waals surface area (Å²) in [6.45, 7) is 2.77. The van der Waals surface area contributed by atoms with Crippen LogP contribution in [0.25, 0.3) is 0 Å². The Hall–Kier alpha value is -0.220. The Kier molecular flexibility index (Phi) is 5.62. The van der Waals surface area contributed by atoms with Gasteiger partial charge in [-0.2, -0.15) is 11.8 Å². The first-order chi connectivity index (χ1) is 7.61. The summed E-state index contributed by atoms with van der Waals surface area (Å²) in [7, 11) is 1.93. The molecule has 0 bridgehead atoms. The molecule has 1 saturated carbocycles. The molecule has 0 radical (unpaired) electrons. The van der Waals surface area contributed by atoms with Crippen LogP contribution in [-0.4, -0.2) is 42.4 Å². The summed E-state index contributed by atoms with van der Waals surface area (Å²) < 4.78 is 0. The zero-order valence-corrected chi connectivity index (χ0v) is 11.4. The van der Waals surface area contributed by atoms with Crippen LogP contribution in [0.2, 0.25) is 0 Å². The van der Waals surface area contributed by atoms with Crippen molar-refractivity contribution in [2.24, 2.45) is 17.6 Å². The Bertz CT molecular complexity index is 235. The van der Waals surface area contributed by atoms with E-state index in [9.17, 15) is 4.79 Å². The molecular formula is C12H24N2OS. The van der Waals surface area contributed by atoms with Gasteiger partial charge in [0, 0.05) is 24.8 Å². The standard InChI is InChI=1S/C12H24N2OS/c1-9(8-16-3)14(2)12(15)11-6-4-5-10(11)7-13/h9-11H,4-8,13H2,1-3H3. The molecule has 0 aromatic heterocycles. The van der Waals surface area contributed by atoms with Crippen LogP contribution in [0.4, 0.5) is 0 Å². The van der Waals surface area contributed by atoms with E-state index in [4.69, 9.17) is 5.73 Å². The topological polar surface area (TPSA) is 46.3 Å². The maximum absolute atomic E-state index is 12.3. The largest absolute Gasteiger partial charge is 0.342 e. The number of thioether (sulfide) groups is 1. The number of nitrogens with two attached hydrogens (primary N) is 1. The molecule has 0 aliphatic heterocycles. The van der Waals surface area contributed by atoms with E-state index in [2.05, 4.69) is 13.2 Å². The minimum absolute atomic E-state index is 0.180. The van der Waals surface area contributed by atoms with Gasteiger partial charge < -0.3 is 10.6 Å². The van der Waals surface area contributed by atoms with Crippen LogP contribution >= 0.6 is 11.8 Å². The first-order valence-electron chi connectivity index (χ1n) is 6.07. The summed E-state index contributed by atoms with van der Waals surface area (Å²) in [4.78, 5) is 14.2. The van der Waals surface area contributed by atoms with Crippen LogP contribution in [0.15, 0.2) is 0 Å². The number of carbonyl (C=O) groups excluding carboxylic acids is 1. The highest BCUT2D eigenvalue weighted by Crippen LogP contribution is 2.32. The average Bonchev–Trinajstić information content (AvgIpc) is 2.75. The van der Waals surface area contributed by atoms with Crippen LogP contribution in [0, 0.1) is 11.8 Å². The second-order valence-electron chi connectivity index (χ2n) is 4.79. The molecule has 3 atom stereocenters. The number of amides is 1. The van der Waals surface area contributed by atoms with E-state index in [1.54, 1.807) is 11.8 Å². The molecule has 2 N–H and O–H groups in total. The van der Waals surface area contributed by atoms with Crippen LogP contribution in [0.1, 0.15) is 26.2 Å². The number of nitrogens with zero attached hydrogens (tertiary/aromatic N) is 1. The summed E-state index contributed by atoms with van der Waals surface area (Å²) in [6, 6.07) is 0.321. The molecule has 1 rings (SSSR count). The van der Waals surface area contributed by atoms with Crippen molar-refractivity contribution < 1.29 is 4.79 Å². The van der Waals surface area contributed by atoms with Gasteiger partial charge in [0.25, 0.3) is 0 Å². The fourth-order valence-electron chi connectivity index (χ4n) is 2.48. The molecular weight excluding hydrogens is 220 g/mol. The van der Waals surface area contributed by atoms with Crippen molar-refractivity contribution in [2.45, 2.75) is 32.2 Å². The maximum Gasteiger partial charge on any atom is 0.226 e. The van der Waals surface area contributed by atoms with E-state index >= 15 is 0 Å². The zero-order valence-electron chi connectivity index (χ0n) is 10.6. The van der Waals surface area contributed by atoms with Crippen LogP contribution < -0.4 is 5.73 Å². The lowest BCUT2D eigenvalue weighted by Gasteiger charge is -2.29. The van der Waals surface area contributed by atoms with Gasteiger partial charge in [0.1, 0.15) is 0 Å². The molecule has 16 heavy (non-hydrogen) atoms. The summed E-state index contributed by atoms with van der Waals surface area (Å²) in [5.41, 5.74) is 5.72. The summed E-state index contributed by atoms with van der Waals surface area (Å²) in [5, 5.41) is 0. The average molecular weight is 244 g/mol. The lowest BCUT2D eigenvalue weighted by Crippen LogP contribution is -2.42. The van der Waals surface area contributed by atoms with Gasteiger partial charge in [0.2, 0.25) is 5.91 Å².